The number of benzene rings is 2. The second-order valence-corrected chi connectivity index (χ2v) is 8.74. The lowest BCUT2D eigenvalue weighted by Gasteiger charge is -2.19. The molecule has 1 aromatic heterocycles. The molecule has 7 heteroatoms. The van der Waals surface area contributed by atoms with E-state index in [9.17, 15) is 0 Å². The Morgan fingerprint density at radius 2 is 1.80 bits per heavy atom. The van der Waals surface area contributed by atoms with E-state index < -0.39 is 0 Å². The Hall–Kier alpha value is -2.21. The van der Waals surface area contributed by atoms with Crippen LogP contribution >= 0.6 is 35.0 Å². The number of aryl methyl sites for hydroxylation is 1. The SMILES string of the molecule is C=C(NC(C)CCc1ccc(OC)cc1)c1cc(Cl)nnc1Sc1ccc(Cl)cc1. The first kappa shape index (κ1) is 22.5. The molecule has 3 aromatic rings. The molecule has 1 atom stereocenters. The van der Waals surface area contributed by atoms with E-state index >= 15 is 0 Å². The highest BCUT2D eigenvalue weighted by Gasteiger charge is 2.14. The summed E-state index contributed by atoms with van der Waals surface area (Å²) in [4.78, 5) is 1.01. The van der Waals surface area contributed by atoms with E-state index in [-0.39, 0.29) is 6.04 Å². The molecule has 0 fully saturated rings. The molecule has 0 bridgehead atoms. The number of methoxy groups -OCH3 is 1. The molecule has 0 radical (unpaired) electrons. The molecule has 0 amide bonds. The smallest absolute Gasteiger partial charge is 0.152 e. The predicted molar refractivity (Wildman–Crippen MR) is 126 cm³/mol. The molecule has 0 spiro atoms. The first-order valence-corrected chi connectivity index (χ1v) is 11.1. The van der Waals surface area contributed by atoms with E-state index in [4.69, 9.17) is 27.9 Å². The molecular formula is C23H23Cl2N3OS. The van der Waals surface area contributed by atoms with Gasteiger partial charge in [0.1, 0.15) is 10.8 Å². The summed E-state index contributed by atoms with van der Waals surface area (Å²) in [5.74, 6) is 0.867. The van der Waals surface area contributed by atoms with Gasteiger partial charge < -0.3 is 10.1 Å². The molecule has 1 heterocycles. The van der Waals surface area contributed by atoms with E-state index in [0.717, 1.165) is 39.8 Å². The second-order valence-electron chi connectivity index (χ2n) is 6.85. The van der Waals surface area contributed by atoms with Gasteiger partial charge in [0, 0.05) is 27.2 Å². The van der Waals surface area contributed by atoms with Crippen LogP contribution in [0.15, 0.2) is 71.1 Å². The van der Waals surface area contributed by atoms with Crippen molar-refractivity contribution in [3.8, 4) is 5.75 Å². The van der Waals surface area contributed by atoms with Crippen LogP contribution in [0.4, 0.5) is 0 Å². The van der Waals surface area contributed by atoms with Gasteiger partial charge in [0.15, 0.2) is 5.15 Å². The molecular weight excluding hydrogens is 437 g/mol. The zero-order valence-corrected chi connectivity index (χ0v) is 19.2. The lowest BCUT2D eigenvalue weighted by atomic mass is 10.1. The van der Waals surface area contributed by atoms with Gasteiger partial charge in [-0.2, -0.15) is 0 Å². The number of hydrogen-bond donors (Lipinski definition) is 1. The predicted octanol–water partition coefficient (Wildman–Crippen LogP) is 6.52. The topological polar surface area (TPSA) is 47.0 Å². The fraction of sp³-hybridized carbons (Fsp3) is 0.217. The third-order valence-electron chi connectivity index (χ3n) is 4.53. The van der Waals surface area contributed by atoms with E-state index in [1.54, 1.807) is 13.2 Å². The van der Waals surface area contributed by atoms with Gasteiger partial charge in [0.05, 0.1) is 7.11 Å². The van der Waals surface area contributed by atoms with Crippen molar-refractivity contribution in [3.05, 3.63) is 82.5 Å². The molecule has 0 aliphatic carbocycles. The van der Waals surface area contributed by atoms with Gasteiger partial charge in [0.25, 0.3) is 0 Å². The van der Waals surface area contributed by atoms with E-state index in [2.05, 4.69) is 41.1 Å². The quantitative estimate of drug-likeness (QED) is 0.394. The molecule has 0 saturated heterocycles. The van der Waals surface area contributed by atoms with Gasteiger partial charge in [-0.25, -0.2) is 0 Å². The average molecular weight is 460 g/mol. The van der Waals surface area contributed by atoms with Crippen molar-refractivity contribution < 1.29 is 4.74 Å². The minimum absolute atomic E-state index is 0.222. The van der Waals surface area contributed by atoms with Crippen LogP contribution in [-0.2, 0) is 6.42 Å². The zero-order chi connectivity index (χ0) is 21.5. The van der Waals surface area contributed by atoms with E-state index in [1.807, 2.05) is 36.4 Å². The minimum atomic E-state index is 0.222. The normalized spacial score (nSPS) is 11.7. The Balaban J connectivity index is 1.64. The Labute approximate surface area is 191 Å². The first-order chi connectivity index (χ1) is 14.4. The van der Waals surface area contributed by atoms with Crippen LogP contribution in [0, 0.1) is 0 Å². The van der Waals surface area contributed by atoms with Crippen molar-refractivity contribution in [2.24, 2.45) is 0 Å². The maximum absolute atomic E-state index is 6.11. The maximum Gasteiger partial charge on any atom is 0.152 e. The van der Waals surface area contributed by atoms with Gasteiger partial charge in [0.2, 0.25) is 0 Å². The molecule has 30 heavy (non-hydrogen) atoms. The number of aromatic nitrogens is 2. The Bertz CT molecular complexity index is 994. The molecule has 1 unspecified atom stereocenters. The molecule has 3 rings (SSSR count). The van der Waals surface area contributed by atoms with Crippen molar-refractivity contribution in [2.75, 3.05) is 7.11 Å². The lowest BCUT2D eigenvalue weighted by molar-refractivity contribution is 0.414. The van der Waals surface area contributed by atoms with E-state index in [0.29, 0.717) is 10.2 Å². The van der Waals surface area contributed by atoms with Crippen LogP contribution in [0.5, 0.6) is 5.75 Å². The van der Waals surface area contributed by atoms with Crippen molar-refractivity contribution in [1.29, 1.82) is 0 Å². The summed E-state index contributed by atoms with van der Waals surface area (Å²) in [5, 5.41) is 13.5. The summed E-state index contributed by atoms with van der Waals surface area (Å²) in [5.41, 5.74) is 2.87. The Morgan fingerprint density at radius 3 is 2.47 bits per heavy atom. The van der Waals surface area contributed by atoms with Crippen LogP contribution in [0.1, 0.15) is 24.5 Å². The van der Waals surface area contributed by atoms with Gasteiger partial charge in [-0.1, -0.05) is 53.7 Å². The van der Waals surface area contributed by atoms with Crippen molar-refractivity contribution in [3.63, 3.8) is 0 Å². The number of halogens is 2. The summed E-state index contributed by atoms with van der Waals surface area (Å²) in [6.07, 6.45) is 1.91. The molecule has 4 nitrogen and oxygen atoms in total. The van der Waals surface area contributed by atoms with Crippen LogP contribution in [0.25, 0.3) is 5.70 Å². The number of ether oxygens (including phenoxy) is 1. The number of nitrogens with one attached hydrogen (secondary N) is 1. The molecule has 2 aromatic carbocycles. The lowest BCUT2D eigenvalue weighted by Crippen LogP contribution is -2.25. The van der Waals surface area contributed by atoms with Gasteiger partial charge in [-0.3, -0.25) is 0 Å². The average Bonchev–Trinajstić information content (AvgIpc) is 2.75. The number of nitrogens with zero attached hydrogens (tertiary/aromatic N) is 2. The fourth-order valence-corrected chi connectivity index (χ4v) is 4.03. The summed E-state index contributed by atoms with van der Waals surface area (Å²) >= 11 is 13.6. The molecule has 0 aliphatic rings. The zero-order valence-electron chi connectivity index (χ0n) is 16.9. The third-order valence-corrected chi connectivity index (χ3v) is 5.97. The fourth-order valence-electron chi connectivity index (χ4n) is 2.89. The van der Waals surface area contributed by atoms with Crippen molar-refractivity contribution in [2.45, 2.75) is 35.7 Å². The van der Waals surface area contributed by atoms with E-state index in [1.165, 1.54) is 17.3 Å². The largest absolute Gasteiger partial charge is 0.497 e. The maximum atomic E-state index is 6.11. The van der Waals surface area contributed by atoms with Gasteiger partial charge in [-0.15, -0.1) is 10.2 Å². The van der Waals surface area contributed by atoms with Crippen LogP contribution in [0.2, 0.25) is 10.2 Å². The van der Waals surface area contributed by atoms with Crippen LogP contribution in [-0.4, -0.2) is 23.3 Å². The standard InChI is InChI=1S/C23H23Cl2N3OS/c1-15(4-5-17-6-10-19(29-3)11-7-17)26-16(2)21-14-22(25)27-28-23(21)30-20-12-8-18(24)9-13-20/h6-15,26H,2,4-5H2,1,3H3. The first-order valence-electron chi connectivity index (χ1n) is 9.50. The monoisotopic (exact) mass is 459 g/mol. The van der Waals surface area contributed by atoms with Crippen LogP contribution in [0.3, 0.4) is 0 Å². The summed E-state index contributed by atoms with van der Waals surface area (Å²) in [6, 6.07) is 17.7. The highest BCUT2D eigenvalue weighted by Crippen LogP contribution is 2.32. The number of rotatable bonds is 9. The van der Waals surface area contributed by atoms with Crippen molar-refractivity contribution >= 4 is 40.7 Å². The molecule has 1 N–H and O–H groups in total. The third kappa shape index (κ3) is 6.39. The molecule has 156 valence electrons. The summed E-state index contributed by atoms with van der Waals surface area (Å²) in [7, 11) is 1.67. The highest BCUT2D eigenvalue weighted by molar-refractivity contribution is 7.99. The van der Waals surface area contributed by atoms with Crippen molar-refractivity contribution in [1.82, 2.24) is 15.5 Å². The minimum Gasteiger partial charge on any atom is -0.497 e. The van der Waals surface area contributed by atoms with Gasteiger partial charge in [-0.05, 0) is 67.8 Å². The molecule has 0 saturated carbocycles. The summed E-state index contributed by atoms with van der Waals surface area (Å²) < 4.78 is 5.21. The van der Waals surface area contributed by atoms with Crippen LogP contribution < -0.4 is 10.1 Å². The molecule has 0 aliphatic heterocycles. The second kappa shape index (κ2) is 10.7. The highest BCUT2D eigenvalue weighted by atomic mass is 35.5. The Kier molecular flexibility index (Phi) is 8.02. The summed E-state index contributed by atoms with van der Waals surface area (Å²) in [6.45, 7) is 6.35. The Morgan fingerprint density at radius 1 is 1.10 bits per heavy atom. The number of hydrogen-bond acceptors (Lipinski definition) is 5. The van der Waals surface area contributed by atoms with Gasteiger partial charge >= 0.3 is 0 Å².